The first-order chi connectivity index (χ1) is 9.71. The largest absolute Gasteiger partial charge is 0.368 e. The summed E-state index contributed by atoms with van der Waals surface area (Å²) in [5, 5.41) is 2.72. The number of fused-ring (bicyclic) bond motifs is 1. The molecule has 0 aliphatic heterocycles. The first-order valence-electron chi connectivity index (χ1n) is 6.73. The molecule has 0 saturated carbocycles. The van der Waals surface area contributed by atoms with E-state index in [4.69, 9.17) is 5.73 Å². The van der Waals surface area contributed by atoms with Gasteiger partial charge in [-0.2, -0.15) is 0 Å². The molecular weight excluding hydrogens is 268 g/mol. The monoisotopic (exact) mass is 288 g/mol. The molecule has 2 aromatic rings. The standard InChI is InChI=1S/C15H20N4O2/c1-9-11(6-5-10-7-17-8-19(9)10)14(21)18-12(13(16)20)15(2,3)4/h5-8,12H,1-4H3,(H2,16,20)(H,18,21)/t12-/m1/s1. The predicted molar refractivity (Wildman–Crippen MR) is 79.8 cm³/mol. The van der Waals surface area contributed by atoms with Gasteiger partial charge in [-0.15, -0.1) is 0 Å². The van der Waals surface area contributed by atoms with Crippen molar-refractivity contribution in [2.45, 2.75) is 33.7 Å². The normalized spacial score (nSPS) is 13.1. The molecule has 0 aromatic carbocycles. The number of pyridine rings is 1. The van der Waals surface area contributed by atoms with E-state index < -0.39 is 17.4 Å². The molecule has 6 heteroatoms. The van der Waals surface area contributed by atoms with Crippen LogP contribution in [0.3, 0.4) is 0 Å². The van der Waals surface area contributed by atoms with Crippen LogP contribution >= 0.6 is 0 Å². The molecule has 0 aliphatic carbocycles. The van der Waals surface area contributed by atoms with Gasteiger partial charge in [0, 0.05) is 5.69 Å². The third kappa shape index (κ3) is 2.89. The third-order valence-electron chi connectivity index (χ3n) is 3.51. The number of nitrogens with two attached hydrogens (primary N) is 1. The van der Waals surface area contributed by atoms with Crippen LogP contribution in [0.4, 0.5) is 0 Å². The molecule has 112 valence electrons. The van der Waals surface area contributed by atoms with Crippen LogP contribution < -0.4 is 11.1 Å². The Kier molecular flexibility index (Phi) is 3.72. The van der Waals surface area contributed by atoms with E-state index >= 15 is 0 Å². The number of nitrogens with zero attached hydrogens (tertiary/aromatic N) is 2. The fourth-order valence-corrected chi connectivity index (χ4v) is 2.29. The zero-order chi connectivity index (χ0) is 15.8. The highest BCUT2D eigenvalue weighted by molar-refractivity contribution is 5.98. The molecule has 3 N–H and O–H groups in total. The molecule has 2 heterocycles. The SMILES string of the molecule is Cc1c(C(=O)N[C@H](C(N)=O)C(C)(C)C)ccc2cncn12. The van der Waals surface area contributed by atoms with Gasteiger partial charge in [0.25, 0.3) is 5.91 Å². The highest BCUT2D eigenvalue weighted by Gasteiger charge is 2.31. The highest BCUT2D eigenvalue weighted by Crippen LogP contribution is 2.20. The number of carbonyl (C=O) groups excluding carboxylic acids is 2. The molecular formula is C15H20N4O2. The van der Waals surface area contributed by atoms with E-state index in [0.29, 0.717) is 5.56 Å². The van der Waals surface area contributed by atoms with Crippen molar-refractivity contribution >= 4 is 17.3 Å². The quantitative estimate of drug-likeness (QED) is 0.891. The molecule has 6 nitrogen and oxygen atoms in total. The van der Waals surface area contributed by atoms with Crippen LogP contribution in [0.1, 0.15) is 36.8 Å². The van der Waals surface area contributed by atoms with Crippen LogP contribution in [0, 0.1) is 12.3 Å². The first-order valence-corrected chi connectivity index (χ1v) is 6.73. The maximum absolute atomic E-state index is 12.4. The topological polar surface area (TPSA) is 89.5 Å². The second-order valence-corrected chi connectivity index (χ2v) is 6.20. The van der Waals surface area contributed by atoms with E-state index in [1.807, 2.05) is 38.2 Å². The zero-order valence-corrected chi connectivity index (χ0v) is 12.7. The average Bonchev–Trinajstić information content (AvgIpc) is 2.83. The lowest BCUT2D eigenvalue weighted by atomic mass is 9.86. The van der Waals surface area contributed by atoms with Gasteiger partial charge in [0.15, 0.2) is 0 Å². The summed E-state index contributed by atoms with van der Waals surface area (Å²) in [6.45, 7) is 7.40. The van der Waals surface area contributed by atoms with Gasteiger partial charge in [0.1, 0.15) is 6.04 Å². The molecule has 2 rings (SSSR count). The molecule has 0 spiro atoms. The van der Waals surface area contributed by atoms with E-state index in [1.54, 1.807) is 18.6 Å². The van der Waals surface area contributed by atoms with Crippen molar-refractivity contribution in [1.29, 1.82) is 0 Å². The summed E-state index contributed by atoms with van der Waals surface area (Å²) >= 11 is 0. The fraction of sp³-hybridized carbons (Fsp3) is 0.400. The Morgan fingerprint density at radius 3 is 2.57 bits per heavy atom. The number of hydrogen-bond donors (Lipinski definition) is 2. The van der Waals surface area contributed by atoms with Gasteiger partial charge in [-0.05, 0) is 24.5 Å². The van der Waals surface area contributed by atoms with Crippen LogP contribution in [0.15, 0.2) is 24.7 Å². The lowest BCUT2D eigenvalue weighted by Crippen LogP contribution is -2.52. The van der Waals surface area contributed by atoms with Crippen molar-refractivity contribution in [3.8, 4) is 0 Å². The summed E-state index contributed by atoms with van der Waals surface area (Å²) in [5.74, 6) is -0.862. The van der Waals surface area contributed by atoms with Crippen LogP contribution in [0.25, 0.3) is 5.52 Å². The number of nitrogens with one attached hydrogen (secondary N) is 1. The smallest absolute Gasteiger partial charge is 0.253 e. The van der Waals surface area contributed by atoms with Gasteiger partial charge in [0.2, 0.25) is 5.91 Å². The predicted octanol–water partition coefficient (Wildman–Crippen LogP) is 1.27. The molecule has 1 atom stereocenters. The summed E-state index contributed by atoms with van der Waals surface area (Å²) in [4.78, 5) is 28.0. The van der Waals surface area contributed by atoms with Crippen molar-refractivity contribution in [3.63, 3.8) is 0 Å². The molecule has 0 radical (unpaired) electrons. The van der Waals surface area contributed by atoms with Gasteiger partial charge >= 0.3 is 0 Å². The van der Waals surface area contributed by atoms with Crippen molar-refractivity contribution in [2.24, 2.45) is 11.1 Å². The van der Waals surface area contributed by atoms with Crippen LogP contribution in [0.2, 0.25) is 0 Å². The lowest BCUT2D eigenvalue weighted by Gasteiger charge is -2.28. The minimum absolute atomic E-state index is 0.318. The van der Waals surface area contributed by atoms with E-state index in [9.17, 15) is 9.59 Å². The lowest BCUT2D eigenvalue weighted by molar-refractivity contribution is -0.122. The summed E-state index contributed by atoms with van der Waals surface area (Å²) in [5.41, 5.74) is 7.11. The molecule has 0 saturated heterocycles. The number of aromatic nitrogens is 2. The summed E-state index contributed by atoms with van der Waals surface area (Å²) < 4.78 is 1.82. The van der Waals surface area contributed by atoms with E-state index in [0.717, 1.165) is 11.2 Å². The molecule has 21 heavy (non-hydrogen) atoms. The Morgan fingerprint density at radius 2 is 2.00 bits per heavy atom. The van der Waals surface area contributed by atoms with Crippen molar-refractivity contribution in [3.05, 3.63) is 35.9 Å². The van der Waals surface area contributed by atoms with Gasteiger partial charge in [-0.1, -0.05) is 20.8 Å². The number of rotatable bonds is 3. The molecule has 2 amide bonds. The van der Waals surface area contributed by atoms with Crippen LogP contribution in [-0.2, 0) is 4.79 Å². The van der Waals surface area contributed by atoms with Gasteiger partial charge in [-0.3, -0.25) is 9.59 Å². The number of carbonyl (C=O) groups is 2. The molecule has 0 bridgehead atoms. The minimum atomic E-state index is -0.733. The summed E-state index contributed by atoms with van der Waals surface area (Å²) in [6.07, 6.45) is 3.37. The number of hydrogen-bond acceptors (Lipinski definition) is 3. The molecule has 2 aromatic heterocycles. The zero-order valence-electron chi connectivity index (χ0n) is 12.7. The highest BCUT2D eigenvalue weighted by atomic mass is 16.2. The number of primary amides is 1. The summed E-state index contributed by atoms with van der Waals surface area (Å²) in [7, 11) is 0. The Morgan fingerprint density at radius 1 is 1.33 bits per heavy atom. The van der Waals surface area contributed by atoms with Gasteiger partial charge < -0.3 is 15.5 Å². The van der Waals surface area contributed by atoms with Crippen molar-refractivity contribution < 1.29 is 9.59 Å². The maximum atomic E-state index is 12.4. The van der Waals surface area contributed by atoms with Gasteiger partial charge in [-0.25, -0.2) is 4.98 Å². The second-order valence-electron chi connectivity index (χ2n) is 6.20. The second kappa shape index (κ2) is 5.20. The first kappa shape index (κ1) is 15.0. The van der Waals surface area contributed by atoms with E-state index in [2.05, 4.69) is 10.3 Å². The van der Waals surface area contributed by atoms with Gasteiger partial charge in [0.05, 0.1) is 23.6 Å². The van der Waals surface area contributed by atoms with E-state index in [-0.39, 0.29) is 5.91 Å². The molecule has 0 aliphatic rings. The summed E-state index contributed by atoms with van der Waals surface area (Å²) in [6, 6.07) is 2.80. The Balaban J connectivity index is 2.34. The number of imidazole rings is 1. The Bertz CT molecular complexity index is 697. The Labute approximate surface area is 123 Å². The molecule has 0 unspecified atom stereocenters. The third-order valence-corrected chi connectivity index (χ3v) is 3.51. The number of aryl methyl sites for hydroxylation is 1. The maximum Gasteiger partial charge on any atom is 0.253 e. The van der Waals surface area contributed by atoms with Crippen LogP contribution in [0.5, 0.6) is 0 Å². The Hall–Kier alpha value is -2.37. The number of amides is 2. The van der Waals surface area contributed by atoms with Crippen molar-refractivity contribution in [2.75, 3.05) is 0 Å². The average molecular weight is 288 g/mol. The molecule has 0 fully saturated rings. The van der Waals surface area contributed by atoms with Crippen molar-refractivity contribution in [1.82, 2.24) is 14.7 Å². The van der Waals surface area contributed by atoms with Crippen LogP contribution in [-0.4, -0.2) is 27.2 Å². The minimum Gasteiger partial charge on any atom is -0.368 e. The fourth-order valence-electron chi connectivity index (χ4n) is 2.29. The van der Waals surface area contributed by atoms with E-state index in [1.165, 1.54) is 0 Å².